The Bertz CT molecular complexity index is 591. The van der Waals surface area contributed by atoms with Gasteiger partial charge in [0.25, 0.3) is 0 Å². The summed E-state index contributed by atoms with van der Waals surface area (Å²) in [6.45, 7) is 0.731. The fourth-order valence-electron chi connectivity index (χ4n) is 3.08. The van der Waals surface area contributed by atoms with Gasteiger partial charge in [0.05, 0.1) is 6.10 Å². The Balaban J connectivity index is 1.51. The zero-order valence-corrected chi connectivity index (χ0v) is 13.1. The summed E-state index contributed by atoms with van der Waals surface area (Å²) in [6.07, 6.45) is 0.920. The van der Waals surface area contributed by atoms with Crippen LogP contribution in [-0.2, 0) is 6.42 Å². The molecule has 3 rings (SSSR count). The molecular weight excluding hydrogens is 288 g/mol. The minimum absolute atomic E-state index is 0.0255. The van der Waals surface area contributed by atoms with Crippen LogP contribution in [0.2, 0.25) is 0 Å². The van der Waals surface area contributed by atoms with Gasteiger partial charge >= 0.3 is 0 Å². The average Bonchev–Trinajstić information content (AvgIpc) is 3.04. The molecule has 0 bridgehead atoms. The minimum Gasteiger partial charge on any atom is -0.489 e. The van der Waals surface area contributed by atoms with Gasteiger partial charge in [0, 0.05) is 25.0 Å². The lowest BCUT2D eigenvalue weighted by Crippen LogP contribution is -2.48. The van der Waals surface area contributed by atoms with Gasteiger partial charge in [-0.3, -0.25) is 0 Å². The number of ether oxygens (including phenoxy) is 1. The Morgan fingerprint density at radius 1 is 1.09 bits per heavy atom. The van der Waals surface area contributed by atoms with E-state index < -0.39 is 6.10 Å². The maximum atomic E-state index is 10.5. The molecule has 1 fully saturated rings. The van der Waals surface area contributed by atoms with Crippen LogP contribution in [0.25, 0.3) is 0 Å². The summed E-state index contributed by atoms with van der Waals surface area (Å²) in [6, 6.07) is 19.5. The number of para-hydroxylation sites is 1. The monoisotopic (exact) mass is 312 g/mol. The maximum absolute atomic E-state index is 10.5. The van der Waals surface area contributed by atoms with E-state index in [1.54, 1.807) is 0 Å². The third-order valence-electron chi connectivity index (χ3n) is 4.34. The highest BCUT2D eigenvalue weighted by Gasteiger charge is 2.33. The maximum Gasteiger partial charge on any atom is 0.119 e. The zero-order chi connectivity index (χ0) is 16.1. The van der Waals surface area contributed by atoms with Crippen molar-refractivity contribution in [1.29, 1.82) is 0 Å². The van der Waals surface area contributed by atoms with Gasteiger partial charge < -0.3 is 20.9 Å². The van der Waals surface area contributed by atoms with Gasteiger partial charge in [-0.05, 0) is 24.1 Å². The molecule has 1 aliphatic heterocycles. The Labute approximate surface area is 137 Å². The number of hydrogen-bond donors (Lipinski definition) is 3. The highest BCUT2D eigenvalue weighted by molar-refractivity contribution is 5.21. The second-order valence-corrected chi connectivity index (χ2v) is 6.15. The molecule has 4 unspecified atom stereocenters. The van der Waals surface area contributed by atoms with Crippen LogP contribution in [0.3, 0.4) is 0 Å². The van der Waals surface area contributed by atoms with Gasteiger partial charge in [-0.1, -0.05) is 48.5 Å². The quantitative estimate of drug-likeness (QED) is 0.760. The van der Waals surface area contributed by atoms with Crippen molar-refractivity contribution in [2.45, 2.75) is 37.1 Å². The van der Waals surface area contributed by atoms with Crippen molar-refractivity contribution in [3.63, 3.8) is 0 Å². The first-order valence-electron chi connectivity index (χ1n) is 8.15. The van der Waals surface area contributed by atoms with Crippen LogP contribution in [0.1, 0.15) is 12.0 Å². The molecule has 2 aromatic rings. The number of aliphatic hydroxyl groups is 1. The summed E-state index contributed by atoms with van der Waals surface area (Å²) in [5.41, 5.74) is 7.34. The lowest BCUT2D eigenvalue weighted by atomic mass is 9.96. The van der Waals surface area contributed by atoms with Crippen molar-refractivity contribution >= 4 is 0 Å². The Morgan fingerprint density at radius 3 is 2.43 bits per heavy atom. The predicted octanol–water partition coefficient (Wildman–Crippen LogP) is 1.73. The van der Waals surface area contributed by atoms with Crippen LogP contribution >= 0.6 is 0 Å². The second kappa shape index (κ2) is 7.59. The van der Waals surface area contributed by atoms with Crippen molar-refractivity contribution in [3.05, 3.63) is 66.2 Å². The molecule has 0 spiro atoms. The standard InChI is InChI=1S/C19H24N2O2/c20-17(11-14-7-3-1-4-8-14)19(22)18-12-16(13-21-18)23-15-9-5-2-6-10-15/h1-10,16-19,21-22H,11-13,20H2. The van der Waals surface area contributed by atoms with Crippen molar-refractivity contribution in [2.24, 2.45) is 5.73 Å². The Hall–Kier alpha value is -1.88. The average molecular weight is 312 g/mol. The molecule has 4 atom stereocenters. The fraction of sp³-hybridized carbons (Fsp3) is 0.368. The van der Waals surface area contributed by atoms with Crippen molar-refractivity contribution in [1.82, 2.24) is 5.32 Å². The van der Waals surface area contributed by atoms with Crippen LogP contribution in [0.4, 0.5) is 0 Å². The van der Waals surface area contributed by atoms with E-state index in [4.69, 9.17) is 10.5 Å². The minimum atomic E-state index is -0.584. The van der Waals surface area contributed by atoms with Crippen LogP contribution in [0, 0.1) is 0 Å². The number of aliphatic hydroxyl groups excluding tert-OH is 1. The van der Waals surface area contributed by atoms with E-state index in [1.165, 1.54) is 0 Å². The molecule has 1 heterocycles. The van der Waals surface area contributed by atoms with Gasteiger partial charge in [0.1, 0.15) is 11.9 Å². The first kappa shape index (κ1) is 16.0. The molecule has 4 heteroatoms. The molecule has 1 aliphatic rings. The normalized spacial score (nSPS) is 23.4. The third kappa shape index (κ3) is 4.32. The first-order valence-corrected chi connectivity index (χ1v) is 8.15. The van der Waals surface area contributed by atoms with Crippen molar-refractivity contribution < 1.29 is 9.84 Å². The van der Waals surface area contributed by atoms with Crippen LogP contribution < -0.4 is 15.8 Å². The lowest BCUT2D eigenvalue weighted by molar-refractivity contribution is 0.102. The van der Waals surface area contributed by atoms with Gasteiger partial charge in [-0.15, -0.1) is 0 Å². The first-order chi connectivity index (χ1) is 11.2. The molecule has 2 aromatic carbocycles. The molecule has 4 nitrogen and oxygen atoms in total. The molecule has 0 aromatic heterocycles. The lowest BCUT2D eigenvalue weighted by Gasteiger charge is -2.24. The second-order valence-electron chi connectivity index (χ2n) is 6.15. The molecule has 0 aliphatic carbocycles. The van der Waals surface area contributed by atoms with E-state index >= 15 is 0 Å². The van der Waals surface area contributed by atoms with E-state index in [1.807, 2.05) is 60.7 Å². The van der Waals surface area contributed by atoms with E-state index in [0.717, 1.165) is 24.3 Å². The van der Waals surface area contributed by atoms with E-state index in [2.05, 4.69) is 5.32 Å². The molecule has 122 valence electrons. The SMILES string of the molecule is NC(Cc1ccccc1)C(O)C1CC(Oc2ccccc2)CN1. The van der Waals surface area contributed by atoms with E-state index in [0.29, 0.717) is 6.42 Å². The van der Waals surface area contributed by atoms with Crippen molar-refractivity contribution in [3.8, 4) is 5.75 Å². The third-order valence-corrected chi connectivity index (χ3v) is 4.34. The predicted molar refractivity (Wildman–Crippen MR) is 91.4 cm³/mol. The Morgan fingerprint density at radius 2 is 1.74 bits per heavy atom. The summed E-state index contributed by atoms with van der Waals surface area (Å²) in [5.74, 6) is 0.864. The number of hydrogen-bond acceptors (Lipinski definition) is 4. The molecule has 4 N–H and O–H groups in total. The van der Waals surface area contributed by atoms with Crippen LogP contribution in [0.5, 0.6) is 5.75 Å². The molecule has 0 saturated carbocycles. The summed E-state index contributed by atoms with van der Waals surface area (Å²) >= 11 is 0. The van der Waals surface area contributed by atoms with Crippen LogP contribution in [0.15, 0.2) is 60.7 Å². The van der Waals surface area contributed by atoms with Gasteiger partial charge in [-0.2, -0.15) is 0 Å². The Kier molecular flexibility index (Phi) is 5.28. The topological polar surface area (TPSA) is 67.5 Å². The van der Waals surface area contributed by atoms with Crippen molar-refractivity contribution in [2.75, 3.05) is 6.54 Å². The molecular formula is C19H24N2O2. The van der Waals surface area contributed by atoms with E-state index in [-0.39, 0.29) is 18.2 Å². The zero-order valence-electron chi connectivity index (χ0n) is 13.1. The summed E-state index contributed by atoms with van der Waals surface area (Å²) in [5, 5.41) is 13.9. The van der Waals surface area contributed by atoms with Gasteiger partial charge in [-0.25, -0.2) is 0 Å². The van der Waals surface area contributed by atoms with E-state index in [9.17, 15) is 5.11 Å². The molecule has 0 amide bonds. The fourth-order valence-corrected chi connectivity index (χ4v) is 3.08. The highest BCUT2D eigenvalue weighted by Crippen LogP contribution is 2.20. The largest absolute Gasteiger partial charge is 0.489 e. The molecule has 23 heavy (non-hydrogen) atoms. The summed E-state index contributed by atoms with van der Waals surface area (Å²) < 4.78 is 5.94. The van der Waals surface area contributed by atoms with Crippen LogP contribution in [-0.4, -0.2) is 35.9 Å². The molecule has 1 saturated heterocycles. The summed E-state index contributed by atoms with van der Waals surface area (Å²) in [7, 11) is 0. The van der Waals surface area contributed by atoms with Gasteiger partial charge in [0.2, 0.25) is 0 Å². The number of nitrogens with two attached hydrogens (primary N) is 1. The summed E-state index contributed by atoms with van der Waals surface area (Å²) in [4.78, 5) is 0. The smallest absolute Gasteiger partial charge is 0.119 e. The van der Waals surface area contributed by atoms with Gasteiger partial charge in [0.15, 0.2) is 0 Å². The number of nitrogens with one attached hydrogen (secondary N) is 1. The highest BCUT2D eigenvalue weighted by atomic mass is 16.5. The molecule has 0 radical (unpaired) electrons. The number of benzene rings is 2. The number of rotatable bonds is 6.